The normalized spacial score (nSPS) is 10.3. The van der Waals surface area contributed by atoms with Crippen molar-refractivity contribution in [2.45, 2.75) is 20.2 Å². The van der Waals surface area contributed by atoms with Gasteiger partial charge in [-0.3, -0.25) is 0 Å². The van der Waals surface area contributed by atoms with E-state index in [-0.39, 0.29) is 5.82 Å². The van der Waals surface area contributed by atoms with E-state index in [9.17, 15) is 4.39 Å². The Hall–Kier alpha value is -1.57. The highest BCUT2D eigenvalue weighted by Crippen LogP contribution is 2.06. The van der Waals surface area contributed by atoms with Crippen LogP contribution in [0.25, 0.3) is 0 Å². The fourth-order valence-electron chi connectivity index (χ4n) is 2.08. The first-order valence-corrected chi connectivity index (χ1v) is 5.80. The van der Waals surface area contributed by atoms with Crippen LogP contribution in [-0.2, 0) is 6.32 Å². The average molecular weight is 225 g/mol. The molecule has 0 heterocycles. The van der Waals surface area contributed by atoms with Crippen LogP contribution in [0.3, 0.4) is 0 Å². The number of hydrogen-bond acceptors (Lipinski definition) is 0. The summed E-state index contributed by atoms with van der Waals surface area (Å²) in [4.78, 5) is 0. The van der Waals surface area contributed by atoms with Crippen LogP contribution in [0.5, 0.6) is 0 Å². The molecule has 0 atom stereocenters. The third-order valence-electron chi connectivity index (χ3n) is 2.94. The van der Waals surface area contributed by atoms with Gasteiger partial charge in [0.15, 0.2) is 7.28 Å². The zero-order valence-electron chi connectivity index (χ0n) is 10.2. The van der Waals surface area contributed by atoms with Crippen molar-refractivity contribution in [3.05, 3.63) is 65.0 Å². The lowest BCUT2D eigenvalue weighted by Gasteiger charge is -2.09. The summed E-state index contributed by atoms with van der Waals surface area (Å²) >= 11 is 0. The SMILES string of the molecule is Cc1cc(F)cc(C)c1[B]Cc1ccccc1. The summed E-state index contributed by atoms with van der Waals surface area (Å²) in [5.41, 5.74) is 4.42. The van der Waals surface area contributed by atoms with Crippen LogP contribution >= 0.6 is 0 Å². The van der Waals surface area contributed by atoms with Crippen molar-refractivity contribution in [2.24, 2.45) is 0 Å². The molecule has 2 rings (SSSR count). The van der Waals surface area contributed by atoms with Crippen molar-refractivity contribution in [3.63, 3.8) is 0 Å². The van der Waals surface area contributed by atoms with Gasteiger partial charge >= 0.3 is 0 Å². The molecule has 2 aromatic rings. The predicted molar refractivity (Wildman–Crippen MR) is 71.4 cm³/mol. The number of rotatable bonds is 3. The van der Waals surface area contributed by atoms with Crippen molar-refractivity contribution in [1.82, 2.24) is 0 Å². The smallest absolute Gasteiger partial charge is 0.157 e. The van der Waals surface area contributed by atoms with Gasteiger partial charge in [-0.05, 0) is 32.3 Å². The molecule has 2 aromatic carbocycles. The zero-order chi connectivity index (χ0) is 12.3. The summed E-state index contributed by atoms with van der Waals surface area (Å²) in [6.45, 7) is 3.90. The molecule has 0 N–H and O–H groups in total. The van der Waals surface area contributed by atoms with Gasteiger partial charge in [-0.1, -0.05) is 52.5 Å². The van der Waals surface area contributed by atoms with E-state index in [4.69, 9.17) is 0 Å². The Morgan fingerprint density at radius 2 is 1.59 bits per heavy atom. The van der Waals surface area contributed by atoms with Crippen LogP contribution in [0.4, 0.5) is 4.39 Å². The Bertz CT molecular complexity index is 483. The van der Waals surface area contributed by atoms with Crippen molar-refractivity contribution in [1.29, 1.82) is 0 Å². The summed E-state index contributed by atoms with van der Waals surface area (Å²) < 4.78 is 13.2. The Kier molecular flexibility index (Phi) is 3.63. The second-order valence-corrected chi connectivity index (χ2v) is 4.35. The minimum Gasteiger partial charge on any atom is -0.207 e. The third kappa shape index (κ3) is 2.97. The Balaban J connectivity index is 2.15. The minimum atomic E-state index is -0.156. The molecule has 0 aromatic heterocycles. The number of hydrogen-bond donors (Lipinski definition) is 0. The summed E-state index contributed by atoms with van der Waals surface area (Å²) in [5, 5.41) is 0. The topological polar surface area (TPSA) is 0 Å². The highest BCUT2D eigenvalue weighted by atomic mass is 19.1. The minimum absolute atomic E-state index is 0.156. The summed E-state index contributed by atoms with van der Waals surface area (Å²) in [6, 6.07) is 13.5. The lowest BCUT2D eigenvalue weighted by Crippen LogP contribution is -2.23. The number of aryl methyl sites for hydroxylation is 2. The van der Waals surface area contributed by atoms with Crippen LogP contribution in [0.2, 0.25) is 0 Å². The van der Waals surface area contributed by atoms with Crippen molar-refractivity contribution in [2.75, 3.05) is 0 Å². The van der Waals surface area contributed by atoms with E-state index in [1.807, 2.05) is 32.0 Å². The lowest BCUT2D eigenvalue weighted by atomic mass is 9.62. The Labute approximate surface area is 103 Å². The molecule has 0 spiro atoms. The van der Waals surface area contributed by atoms with Gasteiger partial charge in [0.2, 0.25) is 0 Å². The average Bonchev–Trinajstić information content (AvgIpc) is 2.29. The maximum absolute atomic E-state index is 13.2. The first-order chi connectivity index (χ1) is 8.16. The lowest BCUT2D eigenvalue weighted by molar-refractivity contribution is 0.626. The van der Waals surface area contributed by atoms with Gasteiger partial charge in [-0.2, -0.15) is 0 Å². The van der Waals surface area contributed by atoms with Crippen molar-refractivity contribution in [3.8, 4) is 0 Å². The Morgan fingerprint density at radius 3 is 2.18 bits per heavy atom. The summed E-state index contributed by atoms with van der Waals surface area (Å²) in [7, 11) is 2.17. The van der Waals surface area contributed by atoms with Gasteiger partial charge in [0.05, 0.1) is 0 Å². The van der Waals surface area contributed by atoms with Crippen LogP contribution in [0.15, 0.2) is 42.5 Å². The molecule has 0 bridgehead atoms. The quantitative estimate of drug-likeness (QED) is 0.704. The van der Waals surface area contributed by atoms with Crippen molar-refractivity contribution < 1.29 is 4.39 Å². The van der Waals surface area contributed by atoms with Crippen LogP contribution in [-0.4, -0.2) is 7.28 Å². The molecule has 2 heteroatoms. The second-order valence-electron chi connectivity index (χ2n) is 4.35. The molecule has 0 saturated carbocycles. The fraction of sp³-hybridized carbons (Fsp3) is 0.200. The second kappa shape index (κ2) is 5.18. The third-order valence-corrected chi connectivity index (χ3v) is 2.94. The molecule has 0 unspecified atom stereocenters. The number of halogens is 1. The molecule has 0 aliphatic carbocycles. The van der Waals surface area contributed by atoms with E-state index in [1.165, 1.54) is 5.56 Å². The van der Waals surface area contributed by atoms with Crippen LogP contribution in [0.1, 0.15) is 16.7 Å². The first-order valence-electron chi connectivity index (χ1n) is 5.80. The molecule has 0 aliphatic heterocycles. The standard InChI is InChI=1S/C15H15BF/c1-11-8-14(17)9-12(2)15(11)16-10-13-6-4-3-5-7-13/h3-9H,10H2,1-2H3. The fourth-order valence-corrected chi connectivity index (χ4v) is 2.08. The van der Waals surface area contributed by atoms with Gasteiger partial charge in [-0.25, -0.2) is 4.39 Å². The molecule has 0 nitrogen and oxygen atoms in total. The predicted octanol–water partition coefficient (Wildman–Crippen LogP) is 2.97. The maximum Gasteiger partial charge on any atom is 0.157 e. The largest absolute Gasteiger partial charge is 0.207 e. The van der Waals surface area contributed by atoms with Gasteiger partial charge in [0.1, 0.15) is 5.82 Å². The molecule has 0 saturated heterocycles. The highest BCUT2D eigenvalue weighted by Gasteiger charge is 2.06. The highest BCUT2D eigenvalue weighted by molar-refractivity contribution is 6.54. The van der Waals surface area contributed by atoms with E-state index in [1.54, 1.807) is 12.1 Å². The van der Waals surface area contributed by atoms with Gasteiger partial charge < -0.3 is 0 Å². The van der Waals surface area contributed by atoms with Gasteiger partial charge in [-0.15, -0.1) is 0 Å². The molecular weight excluding hydrogens is 210 g/mol. The summed E-state index contributed by atoms with van der Waals surface area (Å²) in [5.74, 6) is -0.156. The molecule has 85 valence electrons. The molecule has 1 radical (unpaired) electrons. The van der Waals surface area contributed by atoms with E-state index in [0.29, 0.717) is 0 Å². The molecule has 0 fully saturated rings. The molecular formula is C15H15BF. The molecule has 0 aliphatic rings. The molecule has 17 heavy (non-hydrogen) atoms. The van der Waals surface area contributed by atoms with Crippen LogP contribution < -0.4 is 5.46 Å². The monoisotopic (exact) mass is 225 g/mol. The van der Waals surface area contributed by atoms with Crippen molar-refractivity contribution >= 4 is 12.7 Å². The zero-order valence-corrected chi connectivity index (χ0v) is 10.2. The first kappa shape index (κ1) is 11.9. The number of benzene rings is 2. The van der Waals surface area contributed by atoms with E-state index in [2.05, 4.69) is 19.4 Å². The van der Waals surface area contributed by atoms with Gasteiger partial charge in [0.25, 0.3) is 0 Å². The van der Waals surface area contributed by atoms with Crippen LogP contribution in [0, 0.1) is 19.7 Å². The van der Waals surface area contributed by atoms with E-state index >= 15 is 0 Å². The summed E-state index contributed by atoms with van der Waals surface area (Å²) in [6.07, 6.45) is 0.883. The van der Waals surface area contributed by atoms with E-state index < -0.39 is 0 Å². The maximum atomic E-state index is 13.2. The van der Waals surface area contributed by atoms with Gasteiger partial charge in [0, 0.05) is 0 Å². The molecule has 0 amide bonds. The van der Waals surface area contributed by atoms with E-state index in [0.717, 1.165) is 22.9 Å². The Morgan fingerprint density at radius 1 is 1.00 bits per heavy atom.